The molecular formula is C18H23NO6. The summed E-state index contributed by atoms with van der Waals surface area (Å²) in [5.74, 6) is -0.287. The van der Waals surface area contributed by atoms with Crippen LogP contribution in [0.2, 0.25) is 0 Å². The van der Waals surface area contributed by atoms with Gasteiger partial charge in [-0.05, 0) is 0 Å². The van der Waals surface area contributed by atoms with Crippen molar-refractivity contribution in [2.75, 3.05) is 13.2 Å². The second kappa shape index (κ2) is 8.07. The van der Waals surface area contributed by atoms with Gasteiger partial charge >= 0.3 is 0 Å². The topological polar surface area (TPSA) is 86.2 Å². The van der Waals surface area contributed by atoms with E-state index in [0.29, 0.717) is 0 Å². The Bertz CT molecular complexity index is 594. The second-order valence-electron chi connectivity index (χ2n) is 6.06. The van der Waals surface area contributed by atoms with E-state index >= 15 is 0 Å². The number of amides is 1. The summed E-state index contributed by atoms with van der Waals surface area (Å²) in [6.45, 7) is 5.46. The standard InChI is InChI=1S/C18H23NO6/c1-3-9-22-18-14(19-11(2)20)15(21)16-13(24-18)10-23-17(25-16)12-7-5-4-6-8-12/h3-8,13-18,21H,1,9-10H2,2H3,(H,19,20)/t13-,14-,15-,16-,17-,18+/m1/s1. The van der Waals surface area contributed by atoms with Gasteiger partial charge in [-0.2, -0.15) is 0 Å². The van der Waals surface area contributed by atoms with E-state index in [4.69, 9.17) is 18.9 Å². The van der Waals surface area contributed by atoms with Crippen molar-refractivity contribution in [1.29, 1.82) is 0 Å². The molecule has 25 heavy (non-hydrogen) atoms. The van der Waals surface area contributed by atoms with Crippen LogP contribution in [0.3, 0.4) is 0 Å². The number of rotatable bonds is 5. The molecule has 0 bridgehead atoms. The fourth-order valence-corrected chi connectivity index (χ4v) is 3.07. The number of fused-ring (bicyclic) bond motifs is 1. The highest BCUT2D eigenvalue weighted by Gasteiger charge is 2.50. The fraction of sp³-hybridized carbons (Fsp3) is 0.500. The first-order chi connectivity index (χ1) is 12.1. The molecule has 0 saturated carbocycles. The molecule has 0 aromatic heterocycles. The average Bonchev–Trinajstić information content (AvgIpc) is 2.63. The molecule has 1 aromatic carbocycles. The first kappa shape index (κ1) is 18.0. The molecule has 2 aliphatic rings. The van der Waals surface area contributed by atoms with E-state index in [0.717, 1.165) is 5.56 Å². The second-order valence-corrected chi connectivity index (χ2v) is 6.06. The SMILES string of the molecule is C=CCO[C@H]1O[C@@H]2CO[C@@H](c3ccccc3)O[C@H]2[C@H](O)[C@H]1NC(C)=O. The Morgan fingerprint density at radius 3 is 2.84 bits per heavy atom. The van der Waals surface area contributed by atoms with Gasteiger partial charge in [0.2, 0.25) is 5.91 Å². The highest BCUT2D eigenvalue weighted by Crippen LogP contribution is 2.34. The zero-order chi connectivity index (χ0) is 17.8. The lowest BCUT2D eigenvalue weighted by Gasteiger charge is -2.47. The van der Waals surface area contributed by atoms with Crippen LogP contribution in [0.5, 0.6) is 0 Å². The summed E-state index contributed by atoms with van der Waals surface area (Å²) in [5.41, 5.74) is 0.856. The minimum absolute atomic E-state index is 0.235. The average molecular weight is 349 g/mol. The molecule has 2 fully saturated rings. The number of carbonyl (C=O) groups excluding carboxylic acids is 1. The van der Waals surface area contributed by atoms with Gasteiger partial charge in [0.15, 0.2) is 12.6 Å². The van der Waals surface area contributed by atoms with Crippen molar-refractivity contribution in [3.8, 4) is 0 Å². The summed E-state index contributed by atoms with van der Waals surface area (Å²) in [4.78, 5) is 11.5. The van der Waals surface area contributed by atoms with Gasteiger partial charge in [0, 0.05) is 12.5 Å². The van der Waals surface area contributed by atoms with Crippen LogP contribution in [0, 0.1) is 0 Å². The summed E-state index contributed by atoms with van der Waals surface area (Å²) >= 11 is 0. The van der Waals surface area contributed by atoms with Gasteiger partial charge in [0.05, 0.1) is 13.2 Å². The Morgan fingerprint density at radius 2 is 2.16 bits per heavy atom. The quantitative estimate of drug-likeness (QED) is 0.768. The number of ether oxygens (including phenoxy) is 4. The third-order valence-corrected chi connectivity index (χ3v) is 4.19. The molecule has 0 aliphatic carbocycles. The van der Waals surface area contributed by atoms with E-state index in [1.165, 1.54) is 6.92 Å². The van der Waals surface area contributed by atoms with E-state index in [-0.39, 0.29) is 19.1 Å². The zero-order valence-corrected chi connectivity index (χ0v) is 14.0. The summed E-state index contributed by atoms with van der Waals surface area (Å²) in [7, 11) is 0. The summed E-state index contributed by atoms with van der Waals surface area (Å²) in [6, 6.07) is 8.73. The number of aliphatic hydroxyl groups is 1. The predicted molar refractivity (Wildman–Crippen MR) is 88.4 cm³/mol. The Morgan fingerprint density at radius 1 is 1.40 bits per heavy atom. The van der Waals surface area contributed by atoms with E-state index in [1.54, 1.807) is 6.08 Å². The lowest BCUT2D eigenvalue weighted by atomic mass is 9.95. The fourth-order valence-electron chi connectivity index (χ4n) is 3.07. The summed E-state index contributed by atoms with van der Waals surface area (Å²) < 4.78 is 23.1. The van der Waals surface area contributed by atoms with E-state index in [9.17, 15) is 9.90 Å². The molecule has 2 aliphatic heterocycles. The molecule has 2 N–H and O–H groups in total. The van der Waals surface area contributed by atoms with E-state index in [1.807, 2.05) is 30.3 Å². The number of hydrogen-bond acceptors (Lipinski definition) is 6. The van der Waals surface area contributed by atoms with E-state index < -0.39 is 36.9 Å². The van der Waals surface area contributed by atoms with Gasteiger partial charge in [-0.15, -0.1) is 6.58 Å². The molecule has 7 nitrogen and oxygen atoms in total. The first-order valence-electron chi connectivity index (χ1n) is 8.25. The molecule has 3 rings (SSSR count). The highest BCUT2D eigenvalue weighted by atomic mass is 16.7. The number of nitrogens with one attached hydrogen (secondary N) is 1. The minimum atomic E-state index is -0.993. The smallest absolute Gasteiger partial charge is 0.217 e. The van der Waals surface area contributed by atoms with E-state index in [2.05, 4.69) is 11.9 Å². The van der Waals surface area contributed by atoms with Gasteiger partial charge < -0.3 is 29.4 Å². The van der Waals surface area contributed by atoms with Crippen LogP contribution in [0.15, 0.2) is 43.0 Å². The van der Waals surface area contributed by atoms with Crippen molar-refractivity contribution in [2.45, 2.75) is 43.9 Å². The molecular weight excluding hydrogens is 326 g/mol. The number of carbonyl (C=O) groups is 1. The predicted octanol–water partition coefficient (Wildman–Crippen LogP) is 0.894. The van der Waals surface area contributed by atoms with Crippen LogP contribution < -0.4 is 5.32 Å². The van der Waals surface area contributed by atoms with Crippen molar-refractivity contribution in [2.24, 2.45) is 0 Å². The molecule has 0 spiro atoms. The normalized spacial score (nSPS) is 34.8. The Hall–Kier alpha value is -1.77. The van der Waals surface area contributed by atoms with Crippen LogP contribution in [0.1, 0.15) is 18.8 Å². The van der Waals surface area contributed by atoms with Crippen LogP contribution in [0.25, 0.3) is 0 Å². The van der Waals surface area contributed by atoms with Gasteiger partial charge in [-0.1, -0.05) is 36.4 Å². The zero-order valence-electron chi connectivity index (χ0n) is 14.0. The molecule has 7 heteroatoms. The van der Waals surface area contributed by atoms with Crippen molar-refractivity contribution in [3.05, 3.63) is 48.6 Å². The maximum absolute atomic E-state index is 11.5. The molecule has 2 heterocycles. The van der Waals surface area contributed by atoms with Crippen molar-refractivity contribution < 1.29 is 28.8 Å². The minimum Gasteiger partial charge on any atom is -0.388 e. The lowest BCUT2D eigenvalue weighted by molar-refractivity contribution is -0.343. The number of benzene rings is 1. The van der Waals surface area contributed by atoms with Gasteiger partial charge in [-0.3, -0.25) is 4.79 Å². The third-order valence-electron chi connectivity index (χ3n) is 4.19. The maximum atomic E-state index is 11.5. The molecule has 1 aromatic rings. The maximum Gasteiger partial charge on any atom is 0.217 e. The summed E-state index contributed by atoms with van der Waals surface area (Å²) in [6.07, 6.45) is -1.95. The Kier molecular flexibility index (Phi) is 5.82. The van der Waals surface area contributed by atoms with Crippen molar-refractivity contribution in [3.63, 3.8) is 0 Å². The lowest BCUT2D eigenvalue weighted by Crippen LogP contribution is -2.66. The molecule has 0 unspecified atom stereocenters. The monoisotopic (exact) mass is 349 g/mol. The highest BCUT2D eigenvalue weighted by molar-refractivity contribution is 5.73. The number of hydrogen-bond donors (Lipinski definition) is 2. The molecule has 6 atom stereocenters. The Labute approximate surface area is 146 Å². The van der Waals surface area contributed by atoms with Crippen LogP contribution in [-0.2, 0) is 23.7 Å². The summed E-state index contributed by atoms with van der Waals surface area (Å²) in [5, 5.41) is 13.5. The Balaban J connectivity index is 1.75. The third kappa shape index (κ3) is 4.08. The first-order valence-corrected chi connectivity index (χ1v) is 8.25. The van der Waals surface area contributed by atoms with Crippen LogP contribution in [0.4, 0.5) is 0 Å². The van der Waals surface area contributed by atoms with Crippen LogP contribution >= 0.6 is 0 Å². The molecule has 2 saturated heterocycles. The molecule has 1 amide bonds. The largest absolute Gasteiger partial charge is 0.388 e. The molecule has 0 radical (unpaired) electrons. The van der Waals surface area contributed by atoms with Crippen molar-refractivity contribution in [1.82, 2.24) is 5.32 Å². The van der Waals surface area contributed by atoms with Crippen molar-refractivity contribution >= 4 is 5.91 Å². The van der Waals surface area contributed by atoms with Gasteiger partial charge in [0.25, 0.3) is 0 Å². The number of aliphatic hydroxyl groups excluding tert-OH is 1. The van der Waals surface area contributed by atoms with Gasteiger partial charge in [0.1, 0.15) is 24.4 Å². The molecule has 136 valence electrons. The van der Waals surface area contributed by atoms with Crippen LogP contribution in [-0.4, -0.2) is 54.9 Å². The van der Waals surface area contributed by atoms with Gasteiger partial charge in [-0.25, -0.2) is 0 Å².